The monoisotopic (exact) mass is 391 g/mol. The Kier molecular flexibility index (Phi) is 6.10. The molecule has 0 saturated carbocycles. The summed E-state index contributed by atoms with van der Waals surface area (Å²) in [7, 11) is 0. The molecule has 6 heteroatoms. The normalized spacial score (nSPS) is 15.5. The van der Waals surface area contributed by atoms with E-state index in [2.05, 4.69) is 55.4 Å². The fourth-order valence-corrected chi connectivity index (χ4v) is 4.20. The minimum atomic E-state index is -0.118. The molecule has 4 rings (SSSR count). The fraction of sp³-hybridized carbons (Fsp3) is 0.391. The van der Waals surface area contributed by atoms with Crippen molar-refractivity contribution in [2.45, 2.75) is 32.4 Å². The van der Waals surface area contributed by atoms with Crippen molar-refractivity contribution in [1.82, 2.24) is 25.1 Å². The van der Waals surface area contributed by atoms with Crippen LogP contribution in [0.4, 0.5) is 4.79 Å². The average molecular weight is 392 g/mol. The number of aromatic nitrogens is 2. The van der Waals surface area contributed by atoms with Crippen molar-refractivity contribution in [3.05, 3.63) is 66.0 Å². The molecule has 29 heavy (non-hydrogen) atoms. The lowest BCUT2D eigenvalue weighted by atomic mass is 10.1. The molecule has 1 saturated heterocycles. The quantitative estimate of drug-likeness (QED) is 0.648. The Morgan fingerprint density at radius 1 is 1.03 bits per heavy atom. The SMILES string of the molecule is Cc1nc2ccccc2n1CCNC(=O)NCC(c1ccccc1)N1CCCC1. The molecule has 1 atom stereocenters. The van der Waals surface area contributed by atoms with Gasteiger partial charge in [-0.15, -0.1) is 0 Å². The van der Waals surface area contributed by atoms with Gasteiger partial charge >= 0.3 is 6.03 Å². The minimum Gasteiger partial charge on any atom is -0.336 e. The van der Waals surface area contributed by atoms with Crippen LogP contribution in [0.3, 0.4) is 0 Å². The first-order chi connectivity index (χ1) is 14.2. The third-order valence-electron chi connectivity index (χ3n) is 5.69. The molecule has 3 aromatic rings. The first-order valence-corrected chi connectivity index (χ1v) is 10.4. The molecule has 0 radical (unpaired) electrons. The van der Waals surface area contributed by atoms with Crippen LogP contribution in [0.15, 0.2) is 54.6 Å². The van der Waals surface area contributed by atoms with Gasteiger partial charge in [0.25, 0.3) is 0 Å². The lowest BCUT2D eigenvalue weighted by Gasteiger charge is -2.28. The van der Waals surface area contributed by atoms with E-state index in [-0.39, 0.29) is 12.1 Å². The summed E-state index contributed by atoms with van der Waals surface area (Å²) in [6, 6.07) is 18.7. The van der Waals surface area contributed by atoms with Crippen LogP contribution in [0.5, 0.6) is 0 Å². The van der Waals surface area contributed by atoms with Gasteiger partial charge in [-0.05, 0) is 50.6 Å². The maximum Gasteiger partial charge on any atom is 0.314 e. The summed E-state index contributed by atoms with van der Waals surface area (Å²) in [5.74, 6) is 0.964. The van der Waals surface area contributed by atoms with Crippen LogP contribution in [0.1, 0.15) is 30.3 Å². The Hall–Kier alpha value is -2.86. The number of nitrogens with one attached hydrogen (secondary N) is 2. The number of hydrogen-bond donors (Lipinski definition) is 2. The van der Waals surface area contributed by atoms with Gasteiger partial charge in [0.1, 0.15) is 5.82 Å². The molecule has 2 amide bonds. The van der Waals surface area contributed by atoms with Gasteiger partial charge in [0, 0.05) is 19.6 Å². The Morgan fingerprint density at radius 3 is 2.55 bits per heavy atom. The van der Waals surface area contributed by atoms with Crippen molar-refractivity contribution in [2.24, 2.45) is 0 Å². The van der Waals surface area contributed by atoms with Crippen LogP contribution >= 0.6 is 0 Å². The molecule has 152 valence electrons. The number of imidazole rings is 1. The molecule has 1 fully saturated rings. The van der Waals surface area contributed by atoms with Crippen LogP contribution in [0.2, 0.25) is 0 Å². The van der Waals surface area contributed by atoms with Crippen molar-refractivity contribution in [2.75, 3.05) is 26.2 Å². The minimum absolute atomic E-state index is 0.118. The zero-order valence-corrected chi connectivity index (χ0v) is 17.0. The fourth-order valence-electron chi connectivity index (χ4n) is 4.20. The maximum absolute atomic E-state index is 12.4. The molecule has 1 unspecified atom stereocenters. The number of carbonyl (C=O) groups excluding carboxylic acids is 1. The van der Waals surface area contributed by atoms with Gasteiger partial charge in [-0.2, -0.15) is 0 Å². The molecule has 1 aliphatic rings. The van der Waals surface area contributed by atoms with Crippen molar-refractivity contribution in [3.63, 3.8) is 0 Å². The second-order valence-electron chi connectivity index (χ2n) is 7.61. The first-order valence-electron chi connectivity index (χ1n) is 10.4. The summed E-state index contributed by atoms with van der Waals surface area (Å²) in [5, 5.41) is 6.07. The van der Waals surface area contributed by atoms with E-state index in [9.17, 15) is 4.79 Å². The number of aryl methyl sites for hydroxylation is 1. The lowest BCUT2D eigenvalue weighted by molar-refractivity contribution is 0.220. The third kappa shape index (κ3) is 4.59. The standard InChI is InChI=1S/C23H29N5O/c1-18-26-20-11-5-6-12-21(20)28(18)16-13-24-23(29)25-17-22(27-14-7-8-15-27)19-9-3-2-4-10-19/h2-6,9-12,22H,7-8,13-17H2,1H3,(H2,24,25,29). The second kappa shape index (κ2) is 9.09. The molecule has 2 aromatic carbocycles. The predicted octanol–water partition coefficient (Wildman–Crippen LogP) is 3.48. The number of rotatable bonds is 7. The van der Waals surface area contributed by atoms with Gasteiger partial charge in [0.05, 0.1) is 17.1 Å². The molecular formula is C23H29N5O. The molecule has 1 aromatic heterocycles. The van der Waals surface area contributed by atoms with E-state index >= 15 is 0 Å². The summed E-state index contributed by atoms with van der Waals surface area (Å²) in [6.45, 7) is 6.07. The number of para-hydroxylation sites is 2. The molecule has 0 spiro atoms. The van der Waals surface area contributed by atoms with Crippen LogP contribution in [-0.4, -0.2) is 46.7 Å². The Morgan fingerprint density at radius 2 is 1.76 bits per heavy atom. The zero-order valence-electron chi connectivity index (χ0n) is 17.0. The van der Waals surface area contributed by atoms with E-state index in [0.29, 0.717) is 19.6 Å². The molecule has 1 aliphatic heterocycles. The highest BCUT2D eigenvalue weighted by molar-refractivity contribution is 5.76. The number of urea groups is 1. The average Bonchev–Trinajstić information content (AvgIpc) is 3.37. The molecular weight excluding hydrogens is 362 g/mol. The summed E-state index contributed by atoms with van der Waals surface area (Å²) < 4.78 is 2.15. The number of nitrogens with zero attached hydrogens (tertiary/aromatic N) is 3. The van der Waals surface area contributed by atoms with Crippen LogP contribution < -0.4 is 10.6 Å². The Labute approximate surface area is 171 Å². The van der Waals surface area contributed by atoms with Gasteiger partial charge in [0.2, 0.25) is 0 Å². The van der Waals surface area contributed by atoms with Gasteiger partial charge in [-0.3, -0.25) is 4.90 Å². The highest BCUT2D eigenvalue weighted by Gasteiger charge is 2.23. The molecule has 0 bridgehead atoms. The van der Waals surface area contributed by atoms with Crippen molar-refractivity contribution in [1.29, 1.82) is 0 Å². The van der Waals surface area contributed by atoms with Gasteiger partial charge in [-0.25, -0.2) is 9.78 Å². The second-order valence-corrected chi connectivity index (χ2v) is 7.61. The smallest absolute Gasteiger partial charge is 0.314 e. The van der Waals surface area contributed by atoms with E-state index in [4.69, 9.17) is 0 Å². The van der Waals surface area contributed by atoms with Gasteiger partial charge in [-0.1, -0.05) is 42.5 Å². The topological polar surface area (TPSA) is 62.2 Å². The largest absolute Gasteiger partial charge is 0.336 e. The summed E-state index contributed by atoms with van der Waals surface area (Å²) in [6.07, 6.45) is 2.46. The highest BCUT2D eigenvalue weighted by atomic mass is 16.2. The zero-order chi connectivity index (χ0) is 20.1. The summed E-state index contributed by atoms with van der Waals surface area (Å²) in [5.41, 5.74) is 3.35. The molecule has 2 N–H and O–H groups in total. The van der Waals surface area contributed by atoms with E-state index in [1.54, 1.807) is 0 Å². The van der Waals surface area contributed by atoms with Crippen molar-refractivity contribution in [3.8, 4) is 0 Å². The summed E-state index contributed by atoms with van der Waals surface area (Å²) >= 11 is 0. The summed E-state index contributed by atoms with van der Waals surface area (Å²) in [4.78, 5) is 19.5. The maximum atomic E-state index is 12.4. The number of amides is 2. The molecule has 0 aliphatic carbocycles. The van der Waals surface area contributed by atoms with Crippen LogP contribution in [0, 0.1) is 6.92 Å². The Balaban J connectivity index is 1.31. The Bertz CT molecular complexity index is 946. The number of likely N-dealkylation sites (tertiary alicyclic amines) is 1. The van der Waals surface area contributed by atoms with Gasteiger partial charge < -0.3 is 15.2 Å². The van der Waals surface area contributed by atoms with E-state index in [0.717, 1.165) is 29.9 Å². The predicted molar refractivity (Wildman–Crippen MR) is 116 cm³/mol. The number of fused-ring (bicyclic) bond motifs is 1. The number of benzene rings is 2. The van der Waals surface area contributed by atoms with Crippen molar-refractivity contribution >= 4 is 17.1 Å². The van der Waals surface area contributed by atoms with Gasteiger partial charge in [0.15, 0.2) is 0 Å². The lowest BCUT2D eigenvalue weighted by Crippen LogP contribution is -2.42. The third-order valence-corrected chi connectivity index (χ3v) is 5.69. The molecule has 2 heterocycles. The molecule has 6 nitrogen and oxygen atoms in total. The van der Waals surface area contributed by atoms with Crippen LogP contribution in [0.25, 0.3) is 11.0 Å². The van der Waals surface area contributed by atoms with E-state index in [1.165, 1.54) is 18.4 Å². The van der Waals surface area contributed by atoms with E-state index in [1.807, 2.05) is 31.2 Å². The van der Waals surface area contributed by atoms with Crippen LogP contribution in [-0.2, 0) is 6.54 Å². The highest BCUT2D eigenvalue weighted by Crippen LogP contribution is 2.24. The number of hydrogen-bond acceptors (Lipinski definition) is 3. The number of carbonyl (C=O) groups is 1. The first kappa shape index (κ1) is 19.5. The van der Waals surface area contributed by atoms with E-state index < -0.39 is 0 Å². The van der Waals surface area contributed by atoms with Crippen molar-refractivity contribution < 1.29 is 4.79 Å².